The second-order valence-corrected chi connectivity index (χ2v) is 8.14. The monoisotopic (exact) mass is 445 g/mol. The third-order valence-corrected chi connectivity index (χ3v) is 6.07. The van der Waals surface area contributed by atoms with Gasteiger partial charge in [0.15, 0.2) is 0 Å². The van der Waals surface area contributed by atoms with Crippen LogP contribution in [0, 0.1) is 0 Å². The zero-order valence-electron chi connectivity index (χ0n) is 18.1. The minimum atomic E-state index is -1.41. The van der Waals surface area contributed by atoms with Crippen molar-refractivity contribution in [2.24, 2.45) is 0 Å². The molecule has 5 atom stereocenters. The van der Waals surface area contributed by atoms with Crippen LogP contribution in [0.15, 0.2) is 42.5 Å². The maximum absolute atomic E-state index is 10.5. The normalized spacial score (nSPS) is 27.5. The number of anilines is 1. The highest BCUT2D eigenvalue weighted by molar-refractivity contribution is 5.62. The Bertz CT molecular complexity index is 888. The predicted molar refractivity (Wildman–Crippen MR) is 118 cm³/mol. The topological polar surface area (TPSA) is 112 Å². The molecule has 1 fully saturated rings. The van der Waals surface area contributed by atoms with Crippen molar-refractivity contribution in [1.29, 1.82) is 0 Å². The van der Waals surface area contributed by atoms with E-state index in [9.17, 15) is 20.4 Å². The third kappa shape index (κ3) is 4.69. The lowest BCUT2D eigenvalue weighted by Gasteiger charge is -2.40. The number of aliphatic hydroxyl groups is 4. The molecule has 0 aliphatic carbocycles. The minimum Gasteiger partial charge on any atom is -0.494 e. The average molecular weight is 446 g/mol. The van der Waals surface area contributed by atoms with Gasteiger partial charge in [0.1, 0.15) is 48.6 Å². The second kappa shape index (κ2) is 10.1. The molecule has 2 heterocycles. The molecule has 174 valence electrons. The lowest BCUT2D eigenvalue weighted by molar-refractivity contribution is -0.231. The first-order valence-corrected chi connectivity index (χ1v) is 11.1. The SMILES string of the molecule is CCOc1ccc(CCN2CCOc3ccc([C@@H]4O[C@H](CO)[C@@H](O)[C@H](O)[C@H]4O)cc32)cc1. The van der Waals surface area contributed by atoms with Crippen molar-refractivity contribution in [1.82, 2.24) is 0 Å². The summed E-state index contributed by atoms with van der Waals surface area (Å²) in [6.45, 7) is 4.23. The molecule has 8 heteroatoms. The average Bonchev–Trinajstić information content (AvgIpc) is 2.82. The molecule has 0 amide bonds. The van der Waals surface area contributed by atoms with Gasteiger partial charge in [-0.3, -0.25) is 0 Å². The number of fused-ring (bicyclic) bond motifs is 1. The number of benzene rings is 2. The molecule has 0 spiro atoms. The minimum absolute atomic E-state index is 0.455. The molecule has 0 aromatic heterocycles. The summed E-state index contributed by atoms with van der Waals surface area (Å²) in [6, 6.07) is 13.6. The van der Waals surface area contributed by atoms with Crippen LogP contribution in [0.2, 0.25) is 0 Å². The fraction of sp³-hybridized carbons (Fsp3) is 0.500. The van der Waals surface area contributed by atoms with E-state index in [4.69, 9.17) is 14.2 Å². The Balaban J connectivity index is 1.50. The molecule has 2 aliphatic heterocycles. The van der Waals surface area contributed by atoms with Gasteiger partial charge in [-0.05, 0) is 48.7 Å². The van der Waals surface area contributed by atoms with Crippen molar-refractivity contribution in [2.75, 3.05) is 37.8 Å². The summed E-state index contributed by atoms with van der Waals surface area (Å²) < 4.78 is 17.0. The zero-order valence-corrected chi connectivity index (χ0v) is 18.1. The molecule has 4 N–H and O–H groups in total. The summed E-state index contributed by atoms with van der Waals surface area (Å²) in [5.41, 5.74) is 2.74. The van der Waals surface area contributed by atoms with E-state index in [-0.39, 0.29) is 0 Å². The number of rotatable bonds is 7. The largest absolute Gasteiger partial charge is 0.494 e. The summed E-state index contributed by atoms with van der Waals surface area (Å²) >= 11 is 0. The molecule has 0 bridgehead atoms. The van der Waals surface area contributed by atoms with E-state index < -0.39 is 37.1 Å². The van der Waals surface area contributed by atoms with E-state index in [1.165, 1.54) is 5.56 Å². The summed E-state index contributed by atoms with van der Waals surface area (Å²) in [5, 5.41) is 40.2. The van der Waals surface area contributed by atoms with Gasteiger partial charge in [0.25, 0.3) is 0 Å². The number of ether oxygens (including phenoxy) is 3. The number of hydrogen-bond acceptors (Lipinski definition) is 8. The van der Waals surface area contributed by atoms with Crippen molar-refractivity contribution in [3.05, 3.63) is 53.6 Å². The summed E-state index contributed by atoms with van der Waals surface area (Å²) in [7, 11) is 0. The van der Waals surface area contributed by atoms with Crippen LogP contribution < -0.4 is 14.4 Å². The highest BCUT2D eigenvalue weighted by atomic mass is 16.5. The first-order valence-electron chi connectivity index (χ1n) is 11.1. The van der Waals surface area contributed by atoms with Crippen LogP contribution in [-0.4, -0.2) is 77.8 Å². The Morgan fingerprint density at radius 2 is 1.81 bits per heavy atom. The van der Waals surface area contributed by atoms with Crippen molar-refractivity contribution < 1.29 is 34.6 Å². The molecular weight excluding hydrogens is 414 g/mol. The molecule has 0 unspecified atom stereocenters. The van der Waals surface area contributed by atoms with Crippen molar-refractivity contribution in [3.8, 4) is 11.5 Å². The van der Waals surface area contributed by atoms with Gasteiger partial charge in [-0.15, -0.1) is 0 Å². The maximum atomic E-state index is 10.5. The number of nitrogens with zero attached hydrogens (tertiary/aromatic N) is 1. The molecule has 1 saturated heterocycles. The van der Waals surface area contributed by atoms with Crippen LogP contribution >= 0.6 is 0 Å². The molecule has 0 radical (unpaired) electrons. The molecule has 8 nitrogen and oxygen atoms in total. The van der Waals surface area contributed by atoms with Gasteiger partial charge >= 0.3 is 0 Å². The molecule has 0 saturated carbocycles. The van der Waals surface area contributed by atoms with Gasteiger partial charge in [-0.1, -0.05) is 18.2 Å². The van der Waals surface area contributed by atoms with Gasteiger partial charge in [-0.25, -0.2) is 0 Å². The van der Waals surface area contributed by atoms with Gasteiger partial charge < -0.3 is 39.5 Å². The van der Waals surface area contributed by atoms with Gasteiger partial charge in [0.05, 0.1) is 25.4 Å². The van der Waals surface area contributed by atoms with E-state index in [1.54, 1.807) is 6.07 Å². The lowest BCUT2D eigenvalue weighted by Crippen LogP contribution is -2.55. The quantitative estimate of drug-likeness (QED) is 0.500. The van der Waals surface area contributed by atoms with E-state index in [0.29, 0.717) is 18.8 Å². The third-order valence-electron chi connectivity index (χ3n) is 6.07. The van der Waals surface area contributed by atoms with Crippen LogP contribution in [0.3, 0.4) is 0 Å². The standard InChI is InChI=1S/C24H31NO7/c1-2-30-17-6-3-15(4-7-17)9-10-25-11-12-31-19-8-5-16(13-18(19)25)24-23(29)22(28)21(27)20(14-26)32-24/h3-8,13,20-24,26-29H,2,9-12,14H2,1H3/t20-,21-,22+,23-,24+/m1/s1. The Morgan fingerprint density at radius 3 is 2.53 bits per heavy atom. The van der Waals surface area contributed by atoms with E-state index in [2.05, 4.69) is 17.0 Å². The van der Waals surface area contributed by atoms with Crippen LogP contribution in [0.25, 0.3) is 0 Å². The Morgan fingerprint density at radius 1 is 1.03 bits per heavy atom. The van der Waals surface area contributed by atoms with Crippen molar-refractivity contribution in [2.45, 2.75) is 43.9 Å². The van der Waals surface area contributed by atoms with Crippen molar-refractivity contribution >= 4 is 5.69 Å². The Labute approximate surface area is 187 Å². The molecule has 32 heavy (non-hydrogen) atoms. The van der Waals surface area contributed by atoms with Crippen LogP contribution in [-0.2, 0) is 11.2 Å². The second-order valence-electron chi connectivity index (χ2n) is 8.14. The number of aliphatic hydroxyl groups excluding tert-OH is 4. The summed E-state index contributed by atoms with van der Waals surface area (Å²) in [5.74, 6) is 1.61. The first kappa shape index (κ1) is 22.8. The number of hydrogen-bond donors (Lipinski definition) is 4. The predicted octanol–water partition coefficient (Wildman–Crippen LogP) is 1.04. The fourth-order valence-electron chi connectivity index (χ4n) is 4.26. The van der Waals surface area contributed by atoms with E-state index in [0.717, 1.165) is 36.7 Å². The van der Waals surface area contributed by atoms with Crippen LogP contribution in [0.5, 0.6) is 11.5 Å². The molecule has 4 rings (SSSR count). The Kier molecular flexibility index (Phi) is 7.17. The Hall–Kier alpha value is -2.36. The molecule has 2 aromatic carbocycles. The molecule has 2 aliphatic rings. The van der Waals surface area contributed by atoms with Crippen molar-refractivity contribution in [3.63, 3.8) is 0 Å². The highest BCUT2D eigenvalue weighted by Crippen LogP contribution is 2.38. The maximum Gasteiger partial charge on any atom is 0.142 e. The van der Waals surface area contributed by atoms with Gasteiger partial charge in [0, 0.05) is 6.54 Å². The van der Waals surface area contributed by atoms with Gasteiger partial charge in [0.2, 0.25) is 0 Å². The summed E-state index contributed by atoms with van der Waals surface area (Å²) in [6.07, 6.45) is -5.07. The van der Waals surface area contributed by atoms with E-state index >= 15 is 0 Å². The zero-order chi connectivity index (χ0) is 22.7. The fourth-order valence-corrected chi connectivity index (χ4v) is 4.26. The van der Waals surface area contributed by atoms with Crippen LogP contribution in [0.1, 0.15) is 24.2 Å². The first-order chi connectivity index (χ1) is 15.5. The van der Waals surface area contributed by atoms with Crippen LogP contribution in [0.4, 0.5) is 5.69 Å². The van der Waals surface area contributed by atoms with Gasteiger partial charge in [-0.2, -0.15) is 0 Å². The molecular formula is C24H31NO7. The van der Waals surface area contributed by atoms with E-state index in [1.807, 2.05) is 31.2 Å². The highest BCUT2D eigenvalue weighted by Gasteiger charge is 2.44. The molecule has 2 aromatic rings. The smallest absolute Gasteiger partial charge is 0.142 e. The summed E-state index contributed by atoms with van der Waals surface area (Å²) in [4.78, 5) is 2.22. The lowest BCUT2D eigenvalue weighted by atomic mass is 9.91.